The SMILES string of the molecule is C#CCN=C(NCC)NC(C)CCc1ccccc1.I. The number of benzene rings is 1. The highest BCUT2D eigenvalue weighted by atomic mass is 127. The minimum atomic E-state index is 0. The van der Waals surface area contributed by atoms with Crippen molar-refractivity contribution in [3.63, 3.8) is 0 Å². The number of guanidine groups is 1. The average Bonchev–Trinajstić information content (AvgIpc) is 2.44. The van der Waals surface area contributed by atoms with Crippen molar-refractivity contribution >= 4 is 29.9 Å². The van der Waals surface area contributed by atoms with Gasteiger partial charge in [0.1, 0.15) is 6.54 Å². The standard InChI is InChI=1S/C16H23N3.HI/c1-4-13-18-16(17-5-2)19-14(3)11-12-15-9-7-6-8-10-15;/h1,6-10,14H,5,11-13H2,2-3H3,(H2,17,18,19);1H. The maximum Gasteiger partial charge on any atom is 0.192 e. The van der Waals surface area contributed by atoms with Gasteiger partial charge in [0.15, 0.2) is 5.96 Å². The first-order valence-corrected chi connectivity index (χ1v) is 6.78. The van der Waals surface area contributed by atoms with E-state index in [2.05, 4.69) is 52.7 Å². The molecule has 110 valence electrons. The van der Waals surface area contributed by atoms with E-state index in [-0.39, 0.29) is 24.0 Å². The third-order valence-electron chi connectivity index (χ3n) is 2.76. The molecule has 0 aliphatic carbocycles. The van der Waals surface area contributed by atoms with Gasteiger partial charge in [0.2, 0.25) is 0 Å². The summed E-state index contributed by atoms with van der Waals surface area (Å²) in [6.45, 7) is 5.44. The smallest absolute Gasteiger partial charge is 0.192 e. The zero-order valence-electron chi connectivity index (χ0n) is 12.2. The first-order valence-electron chi connectivity index (χ1n) is 6.78. The molecule has 20 heavy (non-hydrogen) atoms. The van der Waals surface area contributed by atoms with Gasteiger partial charge in [0.05, 0.1) is 0 Å². The summed E-state index contributed by atoms with van der Waals surface area (Å²) >= 11 is 0. The van der Waals surface area contributed by atoms with Gasteiger partial charge >= 0.3 is 0 Å². The van der Waals surface area contributed by atoms with Crippen molar-refractivity contribution in [2.45, 2.75) is 32.7 Å². The van der Waals surface area contributed by atoms with Crippen LogP contribution in [-0.2, 0) is 6.42 Å². The van der Waals surface area contributed by atoms with Gasteiger partial charge in [-0.05, 0) is 32.3 Å². The van der Waals surface area contributed by atoms with E-state index in [0.29, 0.717) is 12.6 Å². The van der Waals surface area contributed by atoms with Crippen LogP contribution in [0.2, 0.25) is 0 Å². The summed E-state index contributed by atoms with van der Waals surface area (Å²) in [7, 11) is 0. The molecule has 0 amide bonds. The van der Waals surface area contributed by atoms with Crippen LogP contribution < -0.4 is 10.6 Å². The van der Waals surface area contributed by atoms with Gasteiger partial charge in [-0.1, -0.05) is 36.3 Å². The topological polar surface area (TPSA) is 36.4 Å². The number of terminal acetylenes is 1. The summed E-state index contributed by atoms with van der Waals surface area (Å²) in [5.74, 6) is 3.31. The van der Waals surface area contributed by atoms with Crippen molar-refractivity contribution in [3.05, 3.63) is 35.9 Å². The van der Waals surface area contributed by atoms with Crippen LogP contribution >= 0.6 is 24.0 Å². The van der Waals surface area contributed by atoms with Gasteiger partial charge in [-0.15, -0.1) is 30.4 Å². The molecule has 0 aromatic heterocycles. The summed E-state index contributed by atoms with van der Waals surface area (Å²) in [5, 5.41) is 6.56. The van der Waals surface area contributed by atoms with Crippen LogP contribution in [0.5, 0.6) is 0 Å². The van der Waals surface area contributed by atoms with Crippen LogP contribution in [0.25, 0.3) is 0 Å². The monoisotopic (exact) mass is 385 g/mol. The van der Waals surface area contributed by atoms with Crippen LogP contribution in [0.15, 0.2) is 35.3 Å². The molecule has 0 fully saturated rings. The number of rotatable bonds is 6. The van der Waals surface area contributed by atoms with E-state index in [1.165, 1.54) is 5.56 Å². The van der Waals surface area contributed by atoms with E-state index in [4.69, 9.17) is 6.42 Å². The highest BCUT2D eigenvalue weighted by Gasteiger charge is 2.05. The van der Waals surface area contributed by atoms with E-state index in [1.807, 2.05) is 13.0 Å². The number of hydrogen-bond acceptors (Lipinski definition) is 1. The van der Waals surface area contributed by atoms with Crippen LogP contribution in [0.3, 0.4) is 0 Å². The Hall–Kier alpha value is -1.22. The Bertz CT molecular complexity index is 423. The highest BCUT2D eigenvalue weighted by molar-refractivity contribution is 14.0. The molecule has 0 saturated carbocycles. The molecule has 0 radical (unpaired) electrons. The molecule has 3 nitrogen and oxygen atoms in total. The fourth-order valence-corrected chi connectivity index (χ4v) is 1.78. The van der Waals surface area contributed by atoms with Gasteiger partial charge in [-0.3, -0.25) is 0 Å². The lowest BCUT2D eigenvalue weighted by atomic mass is 10.1. The number of nitrogens with zero attached hydrogens (tertiary/aromatic N) is 1. The molecule has 1 aromatic rings. The lowest BCUT2D eigenvalue weighted by molar-refractivity contribution is 0.594. The van der Waals surface area contributed by atoms with Gasteiger partial charge in [0, 0.05) is 12.6 Å². The van der Waals surface area contributed by atoms with Gasteiger partial charge < -0.3 is 10.6 Å². The molecule has 1 rings (SSSR count). The number of aliphatic imine (C=N–C) groups is 1. The third kappa shape index (κ3) is 8.05. The van der Waals surface area contributed by atoms with Gasteiger partial charge in [-0.2, -0.15) is 0 Å². The lowest BCUT2D eigenvalue weighted by Crippen LogP contribution is -2.42. The summed E-state index contributed by atoms with van der Waals surface area (Å²) < 4.78 is 0. The van der Waals surface area contributed by atoms with Crippen molar-refractivity contribution in [1.82, 2.24) is 10.6 Å². The Balaban J connectivity index is 0.00000361. The Kier molecular flexibility index (Phi) is 10.9. The molecule has 4 heteroatoms. The van der Waals surface area contributed by atoms with E-state index < -0.39 is 0 Å². The van der Waals surface area contributed by atoms with Crippen molar-refractivity contribution < 1.29 is 0 Å². The second kappa shape index (κ2) is 11.6. The summed E-state index contributed by atoms with van der Waals surface area (Å²) in [4.78, 5) is 4.29. The van der Waals surface area contributed by atoms with Crippen molar-refractivity contribution in [2.75, 3.05) is 13.1 Å². The van der Waals surface area contributed by atoms with Crippen molar-refractivity contribution in [3.8, 4) is 12.3 Å². The van der Waals surface area contributed by atoms with Crippen LogP contribution in [0, 0.1) is 12.3 Å². The molecule has 0 saturated heterocycles. The first kappa shape index (κ1) is 18.8. The maximum absolute atomic E-state index is 5.23. The minimum absolute atomic E-state index is 0. The summed E-state index contributed by atoms with van der Waals surface area (Å²) in [6.07, 6.45) is 7.34. The van der Waals surface area contributed by atoms with E-state index in [9.17, 15) is 0 Å². The highest BCUT2D eigenvalue weighted by Crippen LogP contribution is 2.04. The normalized spacial score (nSPS) is 11.9. The fraction of sp³-hybridized carbons (Fsp3) is 0.438. The van der Waals surface area contributed by atoms with Crippen LogP contribution in [0.1, 0.15) is 25.8 Å². The van der Waals surface area contributed by atoms with Crippen molar-refractivity contribution in [1.29, 1.82) is 0 Å². The zero-order chi connectivity index (χ0) is 13.9. The number of hydrogen-bond donors (Lipinski definition) is 2. The molecule has 1 unspecified atom stereocenters. The third-order valence-corrected chi connectivity index (χ3v) is 2.76. The molecular weight excluding hydrogens is 361 g/mol. The quantitative estimate of drug-likeness (QED) is 0.342. The van der Waals surface area contributed by atoms with E-state index >= 15 is 0 Å². The Morgan fingerprint density at radius 3 is 2.65 bits per heavy atom. The van der Waals surface area contributed by atoms with Gasteiger partial charge in [-0.25, -0.2) is 4.99 Å². The number of aryl methyl sites for hydroxylation is 1. The second-order valence-corrected chi connectivity index (χ2v) is 4.47. The van der Waals surface area contributed by atoms with Crippen LogP contribution in [-0.4, -0.2) is 25.1 Å². The molecule has 0 heterocycles. The summed E-state index contributed by atoms with van der Waals surface area (Å²) in [5.41, 5.74) is 1.36. The zero-order valence-corrected chi connectivity index (χ0v) is 14.6. The van der Waals surface area contributed by atoms with Crippen LogP contribution in [0.4, 0.5) is 0 Å². The number of nitrogens with one attached hydrogen (secondary N) is 2. The van der Waals surface area contributed by atoms with E-state index in [1.54, 1.807) is 0 Å². The molecule has 1 aromatic carbocycles. The largest absolute Gasteiger partial charge is 0.357 e. The number of halogens is 1. The molecule has 2 N–H and O–H groups in total. The minimum Gasteiger partial charge on any atom is -0.357 e. The molecule has 0 bridgehead atoms. The maximum atomic E-state index is 5.23. The molecule has 1 atom stereocenters. The predicted octanol–water partition coefficient (Wildman–Crippen LogP) is 2.81. The Labute approximate surface area is 139 Å². The second-order valence-electron chi connectivity index (χ2n) is 4.47. The Morgan fingerprint density at radius 1 is 1.35 bits per heavy atom. The molecule has 0 aliphatic rings. The Morgan fingerprint density at radius 2 is 2.05 bits per heavy atom. The lowest BCUT2D eigenvalue weighted by Gasteiger charge is -2.17. The summed E-state index contributed by atoms with van der Waals surface area (Å²) in [6, 6.07) is 10.9. The molecule has 0 aliphatic heterocycles. The first-order chi connectivity index (χ1) is 9.26. The van der Waals surface area contributed by atoms with Crippen molar-refractivity contribution in [2.24, 2.45) is 4.99 Å². The molecule has 0 spiro atoms. The predicted molar refractivity (Wildman–Crippen MR) is 97.6 cm³/mol. The van der Waals surface area contributed by atoms with E-state index in [0.717, 1.165) is 25.3 Å². The molecular formula is C16H24IN3. The van der Waals surface area contributed by atoms with Gasteiger partial charge in [0.25, 0.3) is 0 Å². The fourth-order valence-electron chi connectivity index (χ4n) is 1.78. The average molecular weight is 385 g/mol.